The first-order valence-corrected chi connectivity index (χ1v) is 8.69. The first kappa shape index (κ1) is 18.6. The molecule has 0 aromatic heterocycles. The molecule has 1 heterocycles. The normalized spacial score (nSPS) is 16.5. The van der Waals surface area contributed by atoms with Crippen LogP contribution >= 0.6 is 0 Å². The van der Waals surface area contributed by atoms with E-state index in [4.69, 9.17) is 4.74 Å². The van der Waals surface area contributed by atoms with Crippen LogP contribution in [-0.2, 0) is 16.0 Å². The van der Waals surface area contributed by atoms with E-state index in [9.17, 15) is 14.4 Å². The fourth-order valence-electron chi connectivity index (χ4n) is 2.86. The second kappa shape index (κ2) is 8.01. The number of imide groups is 1. The molecule has 0 spiro atoms. The maximum Gasteiger partial charge on any atom is 0.265 e. The van der Waals surface area contributed by atoms with Gasteiger partial charge in [-0.15, -0.1) is 0 Å². The highest BCUT2D eigenvalue weighted by Gasteiger charge is 2.39. The molecular formula is C20H21N3O4. The molecule has 1 saturated heterocycles. The minimum absolute atomic E-state index is 0.0279. The summed E-state index contributed by atoms with van der Waals surface area (Å²) in [5.74, 6) is -0.467. The first-order chi connectivity index (χ1) is 13.0. The van der Waals surface area contributed by atoms with Crippen molar-refractivity contribution in [3.63, 3.8) is 0 Å². The molecule has 2 N–H and O–H groups in total. The van der Waals surface area contributed by atoms with Crippen molar-refractivity contribution in [2.75, 3.05) is 12.0 Å². The van der Waals surface area contributed by atoms with Crippen LogP contribution in [0.5, 0.6) is 5.75 Å². The van der Waals surface area contributed by atoms with Crippen molar-refractivity contribution in [2.24, 2.45) is 0 Å². The van der Waals surface area contributed by atoms with Crippen LogP contribution in [0.1, 0.15) is 29.3 Å². The molecule has 0 bridgehead atoms. The van der Waals surface area contributed by atoms with E-state index in [0.29, 0.717) is 17.0 Å². The summed E-state index contributed by atoms with van der Waals surface area (Å²) in [6.07, 6.45) is 0.861. The molecule has 2 aromatic carbocycles. The lowest BCUT2D eigenvalue weighted by Crippen LogP contribution is -2.48. The molecule has 7 nitrogen and oxygen atoms in total. The highest BCUT2D eigenvalue weighted by Crippen LogP contribution is 2.24. The summed E-state index contributed by atoms with van der Waals surface area (Å²) in [6, 6.07) is 13.0. The zero-order valence-corrected chi connectivity index (χ0v) is 15.2. The molecule has 0 radical (unpaired) electrons. The fraction of sp³-hybridized carbons (Fsp3) is 0.250. The van der Waals surface area contributed by atoms with Crippen molar-refractivity contribution in [3.05, 3.63) is 59.7 Å². The van der Waals surface area contributed by atoms with Crippen LogP contribution < -0.4 is 20.5 Å². The van der Waals surface area contributed by atoms with Crippen LogP contribution in [0.4, 0.5) is 5.69 Å². The molecule has 140 valence electrons. The van der Waals surface area contributed by atoms with Crippen LogP contribution in [0.15, 0.2) is 48.5 Å². The molecule has 0 unspecified atom stereocenters. The summed E-state index contributed by atoms with van der Waals surface area (Å²) in [5, 5.41) is 0. The lowest BCUT2D eigenvalue weighted by molar-refractivity contribution is -0.121. The van der Waals surface area contributed by atoms with Gasteiger partial charge in [0, 0.05) is 5.56 Å². The van der Waals surface area contributed by atoms with E-state index in [-0.39, 0.29) is 18.2 Å². The summed E-state index contributed by atoms with van der Waals surface area (Å²) in [7, 11) is 1.54. The minimum atomic E-state index is -0.807. The molecule has 7 heteroatoms. The largest absolute Gasteiger partial charge is 0.497 e. The van der Waals surface area contributed by atoms with Gasteiger partial charge in [-0.1, -0.05) is 19.1 Å². The molecule has 3 amide bonds. The van der Waals surface area contributed by atoms with Gasteiger partial charge in [-0.2, -0.15) is 0 Å². The van der Waals surface area contributed by atoms with Gasteiger partial charge in [-0.3, -0.25) is 19.8 Å². The molecule has 1 atom stereocenters. The number of rotatable bonds is 6. The Balaban J connectivity index is 1.63. The summed E-state index contributed by atoms with van der Waals surface area (Å²) >= 11 is 0. The zero-order chi connectivity index (χ0) is 19.4. The van der Waals surface area contributed by atoms with Crippen LogP contribution in [0.2, 0.25) is 0 Å². The predicted octanol–water partition coefficient (Wildman–Crippen LogP) is 1.82. The molecule has 1 fully saturated rings. The average Bonchev–Trinajstić information content (AvgIpc) is 2.99. The number of nitrogens with one attached hydrogen (secondary N) is 2. The van der Waals surface area contributed by atoms with Crippen molar-refractivity contribution in [1.29, 1.82) is 0 Å². The lowest BCUT2D eigenvalue weighted by Gasteiger charge is -2.16. The van der Waals surface area contributed by atoms with Crippen molar-refractivity contribution in [2.45, 2.75) is 25.8 Å². The van der Waals surface area contributed by atoms with E-state index >= 15 is 0 Å². The number of carbonyl (C=O) groups is 3. The summed E-state index contributed by atoms with van der Waals surface area (Å²) in [4.78, 5) is 38.1. The van der Waals surface area contributed by atoms with Gasteiger partial charge < -0.3 is 4.74 Å². The quantitative estimate of drug-likeness (QED) is 0.601. The predicted molar refractivity (Wildman–Crippen MR) is 100 cm³/mol. The summed E-state index contributed by atoms with van der Waals surface area (Å²) < 4.78 is 5.08. The number of nitrogens with zero attached hydrogens (tertiary/aromatic N) is 1. The monoisotopic (exact) mass is 367 g/mol. The Hall–Kier alpha value is -3.19. The number of hydrazine groups is 1. The van der Waals surface area contributed by atoms with Crippen LogP contribution in [0.3, 0.4) is 0 Å². The number of aryl methyl sites for hydroxylation is 1. The van der Waals surface area contributed by atoms with Crippen molar-refractivity contribution >= 4 is 23.4 Å². The van der Waals surface area contributed by atoms with Gasteiger partial charge in [0.1, 0.15) is 11.8 Å². The minimum Gasteiger partial charge on any atom is -0.497 e. The van der Waals surface area contributed by atoms with E-state index < -0.39 is 11.9 Å². The van der Waals surface area contributed by atoms with Crippen LogP contribution in [-0.4, -0.2) is 30.9 Å². The lowest BCUT2D eigenvalue weighted by atomic mass is 10.1. The Morgan fingerprint density at radius 3 is 2.37 bits per heavy atom. The summed E-state index contributed by atoms with van der Waals surface area (Å²) in [5.41, 5.74) is 7.26. The molecule has 1 aliphatic heterocycles. The third-order valence-corrected chi connectivity index (χ3v) is 4.46. The molecule has 2 aromatic rings. The Morgan fingerprint density at radius 2 is 1.78 bits per heavy atom. The van der Waals surface area contributed by atoms with Crippen molar-refractivity contribution in [3.8, 4) is 5.75 Å². The smallest absolute Gasteiger partial charge is 0.265 e. The van der Waals surface area contributed by atoms with Gasteiger partial charge in [-0.05, 0) is 48.4 Å². The number of hydrogen-bond donors (Lipinski definition) is 2. The van der Waals surface area contributed by atoms with E-state index in [1.807, 2.05) is 19.1 Å². The number of anilines is 1. The third-order valence-electron chi connectivity index (χ3n) is 4.46. The van der Waals surface area contributed by atoms with E-state index in [2.05, 4.69) is 10.9 Å². The SMILES string of the molecule is CCc1ccc(C(=O)NN[C@H]2CC(=O)N(c3ccc(OC)cc3)C2=O)cc1. The van der Waals surface area contributed by atoms with Gasteiger partial charge in [0.05, 0.1) is 19.2 Å². The second-order valence-corrected chi connectivity index (χ2v) is 6.17. The summed E-state index contributed by atoms with van der Waals surface area (Å²) in [6.45, 7) is 2.04. The Kier molecular flexibility index (Phi) is 5.52. The third kappa shape index (κ3) is 3.98. The molecule has 0 saturated carbocycles. The number of amides is 3. The van der Waals surface area contributed by atoms with Gasteiger partial charge in [0.2, 0.25) is 5.91 Å². The van der Waals surface area contributed by atoms with Crippen molar-refractivity contribution in [1.82, 2.24) is 10.9 Å². The molecule has 0 aliphatic carbocycles. The highest BCUT2D eigenvalue weighted by molar-refractivity contribution is 6.22. The van der Waals surface area contributed by atoms with E-state index in [1.165, 1.54) is 0 Å². The standard InChI is InChI=1S/C20H21N3O4/c1-3-13-4-6-14(7-5-13)19(25)22-21-17-12-18(24)23(20(17)26)15-8-10-16(27-2)11-9-15/h4-11,17,21H,3,12H2,1-2H3,(H,22,25)/t17-/m0/s1. The zero-order valence-electron chi connectivity index (χ0n) is 15.2. The Bertz CT molecular complexity index is 847. The second-order valence-electron chi connectivity index (χ2n) is 6.17. The van der Waals surface area contributed by atoms with Gasteiger partial charge in [0.25, 0.3) is 11.8 Å². The maximum absolute atomic E-state index is 12.6. The molecule has 1 aliphatic rings. The highest BCUT2D eigenvalue weighted by atomic mass is 16.5. The number of ether oxygens (including phenoxy) is 1. The number of hydrogen-bond acceptors (Lipinski definition) is 5. The molecule has 27 heavy (non-hydrogen) atoms. The number of methoxy groups -OCH3 is 1. The molecule has 3 rings (SSSR count). The topological polar surface area (TPSA) is 87.7 Å². The van der Waals surface area contributed by atoms with E-state index in [0.717, 1.165) is 16.9 Å². The number of carbonyl (C=O) groups excluding carboxylic acids is 3. The fourth-order valence-corrected chi connectivity index (χ4v) is 2.86. The average molecular weight is 367 g/mol. The first-order valence-electron chi connectivity index (χ1n) is 8.69. The van der Waals surface area contributed by atoms with Crippen molar-refractivity contribution < 1.29 is 19.1 Å². The van der Waals surface area contributed by atoms with E-state index in [1.54, 1.807) is 43.5 Å². The Morgan fingerprint density at radius 1 is 1.11 bits per heavy atom. The number of benzene rings is 2. The van der Waals surface area contributed by atoms with Gasteiger partial charge >= 0.3 is 0 Å². The van der Waals surface area contributed by atoms with Gasteiger partial charge in [0.15, 0.2) is 0 Å². The maximum atomic E-state index is 12.6. The Labute approximate surface area is 157 Å². The van der Waals surface area contributed by atoms with Crippen LogP contribution in [0, 0.1) is 0 Å². The van der Waals surface area contributed by atoms with Gasteiger partial charge in [-0.25, -0.2) is 10.3 Å². The molecular weight excluding hydrogens is 346 g/mol. The van der Waals surface area contributed by atoms with Crippen LogP contribution in [0.25, 0.3) is 0 Å².